The van der Waals surface area contributed by atoms with Crippen LogP contribution in [0.4, 0.5) is 4.39 Å². The van der Waals surface area contributed by atoms with Gasteiger partial charge in [0.1, 0.15) is 5.82 Å². The highest BCUT2D eigenvalue weighted by molar-refractivity contribution is 5.94. The van der Waals surface area contributed by atoms with Crippen LogP contribution < -0.4 is 10.2 Å². The van der Waals surface area contributed by atoms with Gasteiger partial charge in [0.2, 0.25) is 0 Å². The van der Waals surface area contributed by atoms with Crippen molar-refractivity contribution in [2.75, 3.05) is 7.11 Å². The van der Waals surface area contributed by atoms with Crippen LogP contribution in [-0.2, 0) is 0 Å². The van der Waals surface area contributed by atoms with E-state index in [4.69, 9.17) is 4.74 Å². The zero-order chi connectivity index (χ0) is 15.2. The Hall–Kier alpha value is -2.89. The van der Waals surface area contributed by atoms with Crippen LogP contribution in [0.2, 0.25) is 0 Å². The first-order chi connectivity index (χ1) is 10.1. The van der Waals surface area contributed by atoms with Gasteiger partial charge in [-0.1, -0.05) is 6.07 Å². The van der Waals surface area contributed by atoms with Crippen molar-refractivity contribution in [3.63, 3.8) is 0 Å². The van der Waals surface area contributed by atoms with E-state index < -0.39 is 11.7 Å². The molecule has 2 aromatic rings. The summed E-state index contributed by atoms with van der Waals surface area (Å²) >= 11 is 0. The first-order valence-electron chi connectivity index (χ1n) is 6.06. The van der Waals surface area contributed by atoms with E-state index in [1.807, 2.05) is 0 Å². The van der Waals surface area contributed by atoms with E-state index in [0.29, 0.717) is 11.3 Å². The lowest BCUT2D eigenvalue weighted by Gasteiger charge is -2.03. The third-order valence-corrected chi connectivity index (χ3v) is 2.67. The van der Waals surface area contributed by atoms with E-state index in [0.717, 1.165) is 6.07 Å². The number of phenols is 1. The normalized spacial score (nSPS) is 10.6. The highest BCUT2D eigenvalue weighted by atomic mass is 19.1. The summed E-state index contributed by atoms with van der Waals surface area (Å²) < 4.78 is 17.9. The van der Waals surface area contributed by atoms with Gasteiger partial charge in [-0.3, -0.25) is 4.79 Å². The number of rotatable bonds is 4. The molecule has 0 saturated heterocycles. The SMILES string of the molecule is COc1cc(/C=N\NC(=O)c2cccc(F)c2)ccc1O. The van der Waals surface area contributed by atoms with Crippen molar-refractivity contribution in [2.24, 2.45) is 5.10 Å². The average Bonchev–Trinajstić information content (AvgIpc) is 2.48. The molecule has 108 valence electrons. The maximum atomic E-state index is 13.0. The number of ether oxygens (including phenoxy) is 1. The molecule has 1 amide bonds. The van der Waals surface area contributed by atoms with Gasteiger partial charge < -0.3 is 9.84 Å². The van der Waals surface area contributed by atoms with Gasteiger partial charge in [-0.2, -0.15) is 5.10 Å². The second kappa shape index (κ2) is 6.51. The molecule has 0 bridgehead atoms. The van der Waals surface area contributed by atoms with Gasteiger partial charge in [0.25, 0.3) is 5.91 Å². The van der Waals surface area contributed by atoms with Crippen molar-refractivity contribution in [1.82, 2.24) is 5.43 Å². The number of hydrazone groups is 1. The van der Waals surface area contributed by atoms with Gasteiger partial charge in [0, 0.05) is 5.56 Å². The molecule has 5 nitrogen and oxygen atoms in total. The van der Waals surface area contributed by atoms with Gasteiger partial charge in [0.05, 0.1) is 13.3 Å². The Labute approximate surface area is 120 Å². The molecule has 2 N–H and O–H groups in total. The maximum Gasteiger partial charge on any atom is 0.271 e. The number of hydrogen-bond donors (Lipinski definition) is 2. The molecule has 0 aliphatic heterocycles. The van der Waals surface area contributed by atoms with Gasteiger partial charge in [-0.05, 0) is 42.0 Å². The summed E-state index contributed by atoms with van der Waals surface area (Å²) in [6, 6.07) is 9.92. The highest BCUT2D eigenvalue weighted by Gasteiger charge is 2.05. The molecular weight excluding hydrogens is 275 g/mol. The van der Waals surface area contributed by atoms with Crippen molar-refractivity contribution < 1.29 is 19.0 Å². The minimum atomic E-state index is -0.517. The fraction of sp³-hybridized carbons (Fsp3) is 0.0667. The van der Waals surface area contributed by atoms with Crippen LogP contribution in [0.15, 0.2) is 47.6 Å². The number of carbonyl (C=O) groups is 1. The monoisotopic (exact) mass is 288 g/mol. The third kappa shape index (κ3) is 3.79. The molecule has 0 saturated carbocycles. The van der Waals surface area contributed by atoms with Crippen molar-refractivity contribution >= 4 is 12.1 Å². The quantitative estimate of drug-likeness (QED) is 0.670. The maximum absolute atomic E-state index is 13.0. The van der Waals surface area contributed by atoms with E-state index in [1.165, 1.54) is 37.6 Å². The fourth-order valence-corrected chi connectivity index (χ4v) is 1.63. The Morgan fingerprint density at radius 2 is 2.14 bits per heavy atom. The number of phenolic OH excluding ortho intramolecular Hbond substituents is 1. The van der Waals surface area contributed by atoms with Crippen LogP contribution in [0.25, 0.3) is 0 Å². The molecule has 0 unspecified atom stereocenters. The lowest BCUT2D eigenvalue weighted by molar-refractivity contribution is 0.0954. The highest BCUT2D eigenvalue weighted by Crippen LogP contribution is 2.25. The Morgan fingerprint density at radius 1 is 1.33 bits per heavy atom. The van der Waals surface area contributed by atoms with Crippen LogP contribution in [-0.4, -0.2) is 24.3 Å². The Morgan fingerprint density at radius 3 is 2.86 bits per heavy atom. The number of benzene rings is 2. The molecule has 21 heavy (non-hydrogen) atoms. The summed E-state index contributed by atoms with van der Waals surface area (Å²) in [4.78, 5) is 11.7. The molecule has 0 aliphatic carbocycles. The molecule has 0 radical (unpaired) electrons. The second-order valence-corrected chi connectivity index (χ2v) is 4.14. The van der Waals surface area contributed by atoms with Gasteiger partial charge in [-0.15, -0.1) is 0 Å². The van der Waals surface area contributed by atoms with Crippen LogP contribution in [0, 0.1) is 5.82 Å². The van der Waals surface area contributed by atoms with Crippen LogP contribution in [0.3, 0.4) is 0 Å². The molecule has 0 heterocycles. The lowest BCUT2D eigenvalue weighted by atomic mass is 10.2. The number of hydrogen-bond acceptors (Lipinski definition) is 4. The van der Waals surface area contributed by atoms with Crippen LogP contribution >= 0.6 is 0 Å². The summed E-state index contributed by atoms with van der Waals surface area (Å²) in [7, 11) is 1.43. The number of nitrogens with one attached hydrogen (secondary N) is 1. The zero-order valence-electron chi connectivity index (χ0n) is 11.2. The fourth-order valence-electron chi connectivity index (χ4n) is 1.63. The predicted molar refractivity (Wildman–Crippen MR) is 76.1 cm³/mol. The van der Waals surface area contributed by atoms with Gasteiger partial charge in [0.15, 0.2) is 11.5 Å². The number of aromatic hydroxyl groups is 1. The van der Waals surface area contributed by atoms with E-state index in [1.54, 1.807) is 12.1 Å². The minimum Gasteiger partial charge on any atom is -0.504 e. The zero-order valence-corrected chi connectivity index (χ0v) is 11.2. The molecule has 0 aromatic heterocycles. The van der Waals surface area contributed by atoms with Crippen LogP contribution in [0.1, 0.15) is 15.9 Å². The number of carbonyl (C=O) groups excluding carboxylic acids is 1. The number of amides is 1. The standard InChI is InChI=1S/C15H13FN2O3/c1-21-14-7-10(5-6-13(14)19)9-17-18-15(20)11-3-2-4-12(16)8-11/h2-9,19H,1H3,(H,18,20)/b17-9-. The largest absolute Gasteiger partial charge is 0.504 e. The van der Waals surface area contributed by atoms with Crippen LogP contribution in [0.5, 0.6) is 11.5 Å². The summed E-state index contributed by atoms with van der Waals surface area (Å²) in [5, 5.41) is 13.2. The Bertz CT molecular complexity index is 686. The second-order valence-electron chi connectivity index (χ2n) is 4.14. The Balaban J connectivity index is 2.04. The van der Waals surface area contributed by atoms with Gasteiger partial charge in [-0.25, -0.2) is 9.82 Å². The Kier molecular flexibility index (Phi) is 4.50. The molecule has 6 heteroatoms. The van der Waals surface area contributed by atoms with Gasteiger partial charge >= 0.3 is 0 Å². The predicted octanol–water partition coefficient (Wildman–Crippen LogP) is 2.30. The van der Waals surface area contributed by atoms with E-state index in [2.05, 4.69) is 10.5 Å². The van der Waals surface area contributed by atoms with E-state index in [9.17, 15) is 14.3 Å². The number of halogens is 1. The molecule has 0 spiro atoms. The van der Waals surface area contributed by atoms with Crippen molar-refractivity contribution in [2.45, 2.75) is 0 Å². The minimum absolute atomic E-state index is 0.0125. The number of nitrogens with zero attached hydrogens (tertiary/aromatic N) is 1. The summed E-state index contributed by atoms with van der Waals surface area (Å²) in [6.45, 7) is 0. The molecule has 0 atom stereocenters. The topological polar surface area (TPSA) is 70.9 Å². The van der Waals surface area contributed by atoms with Crippen molar-refractivity contribution in [3.05, 3.63) is 59.4 Å². The molecule has 0 fully saturated rings. The van der Waals surface area contributed by atoms with E-state index >= 15 is 0 Å². The summed E-state index contributed by atoms with van der Waals surface area (Å²) in [6.07, 6.45) is 1.39. The first-order valence-corrected chi connectivity index (χ1v) is 6.06. The third-order valence-electron chi connectivity index (χ3n) is 2.67. The molecular formula is C15H13FN2O3. The van der Waals surface area contributed by atoms with Crippen molar-refractivity contribution in [3.8, 4) is 11.5 Å². The average molecular weight is 288 g/mol. The van der Waals surface area contributed by atoms with Crippen molar-refractivity contribution in [1.29, 1.82) is 0 Å². The number of methoxy groups -OCH3 is 1. The molecule has 2 rings (SSSR count). The smallest absolute Gasteiger partial charge is 0.271 e. The lowest BCUT2D eigenvalue weighted by Crippen LogP contribution is -2.17. The summed E-state index contributed by atoms with van der Waals surface area (Å²) in [5.74, 6) is -0.694. The van der Waals surface area contributed by atoms with E-state index in [-0.39, 0.29) is 11.3 Å². The summed E-state index contributed by atoms with van der Waals surface area (Å²) in [5.41, 5.74) is 3.09. The molecule has 0 aliphatic rings. The molecule has 2 aromatic carbocycles. The first kappa shape index (κ1) is 14.5.